The molecular weight excluding hydrogens is 503 g/mol. The van der Waals surface area contributed by atoms with Crippen molar-refractivity contribution in [3.8, 4) is 5.75 Å². The van der Waals surface area contributed by atoms with E-state index in [0.717, 1.165) is 5.56 Å². The van der Waals surface area contributed by atoms with Gasteiger partial charge in [-0.3, -0.25) is 14.5 Å². The van der Waals surface area contributed by atoms with Gasteiger partial charge in [0, 0.05) is 36.7 Å². The molecular formula is C25H28ClFN6O4. The summed E-state index contributed by atoms with van der Waals surface area (Å²) in [7, 11) is 3.33. The molecule has 0 saturated carbocycles. The number of nitrogens with zero attached hydrogens (tertiary/aromatic N) is 4. The van der Waals surface area contributed by atoms with Crippen LogP contribution in [0, 0.1) is 5.82 Å². The number of piperidine rings is 1. The van der Waals surface area contributed by atoms with Gasteiger partial charge < -0.3 is 25.8 Å². The van der Waals surface area contributed by atoms with Crippen molar-refractivity contribution in [2.75, 3.05) is 39.2 Å². The summed E-state index contributed by atoms with van der Waals surface area (Å²) in [5.74, 6) is -0.552. The lowest BCUT2D eigenvalue weighted by Gasteiger charge is -2.45. The number of primary amides is 1. The number of hydrogen-bond acceptors (Lipinski definition) is 8. The monoisotopic (exact) mass is 530 g/mol. The van der Waals surface area contributed by atoms with Crippen LogP contribution < -0.4 is 15.8 Å². The van der Waals surface area contributed by atoms with E-state index in [1.54, 1.807) is 25.2 Å². The van der Waals surface area contributed by atoms with E-state index in [4.69, 9.17) is 27.2 Å². The number of aromatic nitrogens is 2. The largest absolute Gasteiger partial charge is 0.496 e. The fourth-order valence-corrected chi connectivity index (χ4v) is 4.89. The van der Waals surface area contributed by atoms with E-state index >= 15 is 0 Å². The van der Waals surface area contributed by atoms with Gasteiger partial charge in [-0.15, -0.1) is 0 Å². The van der Waals surface area contributed by atoms with Crippen LogP contribution in [0.4, 0.5) is 15.9 Å². The maximum Gasteiger partial charge on any atom is 0.248 e. The number of nitrogens with two attached hydrogens (primary N) is 1. The second kappa shape index (κ2) is 10.8. The van der Waals surface area contributed by atoms with Crippen molar-refractivity contribution in [2.45, 2.75) is 24.9 Å². The highest BCUT2D eigenvalue weighted by Gasteiger charge is 2.44. The third-order valence-electron chi connectivity index (χ3n) is 6.92. The quantitative estimate of drug-likeness (QED) is 0.404. The molecule has 1 saturated heterocycles. The van der Waals surface area contributed by atoms with Gasteiger partial charge in [-0.2, -0.15) is 0 Å². The summed E-state index contributed by atoms with van der Waals surface area (Å²) < 4.78 is 20.1. The highest BCUT2D eigenvalue weighted by molar-refractivity contribution is 6.31. The number of nitrogens with one attached hydrogen (secondary N) is 1. The number of hydrogen-bond donors (Lipinski definition) is 3. The Hall–Kier alpha value is -3.54. The average molecular weight is 531 g/mol. The second-order valence-electron chi connectivity index (χ2n) is 8.92. The highest BCUT2D eigenvalue weighted by atomic mass is 35.5. The summed E-state index contributed by atoms with van der Waals surface area (Å²) in [6, 6.07) is 8.21. The number of ether oxygens (including phenoxy) is 1. The van der Waals surface area contributed by atoms with Crippen molar-refractivity contribution in [3.63, 3.8) is 0 Å². The summed E-state index contributed by atoms with van der Waals surface area (Å²) in [6.07, 6.45) is 2.01. The first-order valence-electron chi connectivity index (χ1n) is 11.6. The normalized spacial score (nSPS) is 15.1. The zero-order valence-corrected chi connectivity index (χ0v) is 21.3. The zero-order valence-electron chi connectivity index (χ0n) is 20.5. The standard InChI is InChI=1S/C25H28ClFN6O4/c1-32(25(24(28)36)6-8-33(9-7-25)21(35)13-34)12-15-10-16-19(11-20(15)37-2)29-14-30-23(16)31-18-5-3-4-17(26)22(18)27/h3-5,10-11,14,34H,6-9,12-13H2,1-2H3,(H2,28,36)(H,29,30,31). The average Bonchev–Trinajstić information content (AvgIpc) is 2.90. The van der Waals surface area contributed by atoms with E-state index in [1.165, 1.54) is 24.4 Å². The van der Waals surface area contributed by atoms with Crippen molar-refractivity contribution < 1.29 is 23.8 Å². The lowest BCUT2D eigenvalue weighted by molar-refractivity contribution is -0.142. The van der Waals surface area contributed by atoms with Crippen molar-refractivity contribution in [2.24, 2.45) is 5.73 Å². The van der Waals surface area contributed by atoms with Crippen LogP contribution in [0.1, 0.15) is 18.4 Å². The van der Waals surface area contributed by atoms with Crippen molar-refractivity contribution >= 4 is 45.8 Å². The topological polar surface area (TPSA) is 134 Å². The van der Waals surface area contributed by atoms with Crippen molar-refractivity contribution in [1.29, 1.82) is 0 Å². The molecule has 1 aromatic heterocycles. The van der Waals surface area contributed by atoms with Crippen LogP contribution in [0.3, 0.4) is 0 Å². The minimum atomic E-state index is -0.996. The Balaban J connectivity index is 1.67. The smallest absolute Gasteiger partial charge is 0.248 e. The fraction of sp³-hybridized carbons (Fsp3) is 0.360. The molecule has 1 aliphatic rings. The Morgan fingerprint density at radius 3 is 2.68 bits per heavy atom. The number of likely N-dealkylation sites (tertiary alicyclic amines) is 1. The van der Waals surface area contributed by atoms with Gasteiger partial charge in [0.15, 0.2) is 5.82 Å². The molecule has 0 atom stereocenters. The number of amides is 2. The number of fused-ring (bicyclic) bond motifs is 1. The number of halogens is 2. The van der Waals surface area contributed by atoms with Gasteiger partial charge >= 0.3 is 0 Å². The van der Waals surface area contributed by atoms with E-state index in [1.807, 2.05) is 11.0 Å². The number of methoxy groups -OCH3 is 1. The van der Waals surface area contributed by atoms with Crippen LogP contribution in [0.25, 0.3) is 10.9 Å². The van der Waals surface area contributed by atoms with Crippen LogP contribution in [-0.2, 0) is 16.1 Å². The molecule has 1 fully saturated rings. The van der Waals surface area contributed by atoms with Crippen LogP contribution in [0.2, 0.25) is 5.02 Å². The minimum Gasteiger partial charge on any atom is -0.496 e. The third kappa shape index (κ3) is 5.15. The predicted octanol–water partition coefficient (Wildman–Crippen LogP) is 2.45. The first kappa shape index (κ1) is 26.5. The van der Waals surface area contributed by atoms with E-state index in [2.05, 4.69) is 15.3 Å². The molecule has 196 valence electrons. The number of rotatable bonds is 8. The first-order valence-corrected chi connectivity index (χ1v) is 12.0. The molecule has 1 aliphatic heterocycles. The molecule has 4 N–H and O–H groups in total. The number of carbonyl (C=O) groups excluding carboxylic acids is 2. The van der Waals surface area contributed by atoms with E-state index in [-0.39, 0.29) is 23.2 Å². The maximum absolute atomic E-state index is 14.5. The number of likely N-dealkylation sites (N-methyl/N-ethyl adjacent to an activating group) is 1. The van der Waals surface area contributed by atoms with Gasteiger partial charge in [0.2, 0.25) is 11.8 Å². The SMILES string of the molecule is COc1cc2ncnc(Nc3cccc(Cl)c3F)c2cc1CN(C)C1(C(N)=O)CCN(C(=O)CO)CC1. The van der Waals surface area contributed by atoms with Crippen LogP contribution in [-0.4, -0.2) is 76.1 Å². The Labute approximate surface area is 218 Å². The highest BCUT2D eigenvalue weighted by Crippen LogP contribution is 2.35. The zero-order chi connectivity index (χ0) is 26.7. The lowest BCUT2D eigenvalue weighted by Crippen LogP contribution is -2.61. The molecule has 2 amide bonds. The molecule has 0 aliphatic carbocycles. The number of aliphatic hydroxyl groups excluding tert-OH is 1. The summed E-state index contributed by atoms with van der Waals surface area (Å²) in [5.41, 5.74) is 6.34. The van der Waals surface area contributed by atoms with Crippen LogP contribution in [0.5, 0.6) is 5.75 Å². The predicted molar refractivity (Wildman–Crippen MR) is 137 cm³/mol. The lowest BCUT2D eigenvalue weighted by atomic mass is 9.84. The van der Waals surface area contributed by atoms with Crippen LogP contribution in [0.15, 0.2) is 36.7 Å². The molecule has 0 unspecified atom stereocenters. The van der Waals surface area contributed by atoms with Crippen LogP contribution >= 0.6 is 11.6 Å². The molecule has 0 radical (unpaired) electrons. The molecule has 2 aromatic carbocycles. The number of anilines is 2. The van der Waals surface area contributed by atoms with Gasteiger partial charge in [-0.05, 0) is 38.1 Å². The molecule has 12 heteroatoms. The molecule has 37 heavy (non-hydrogen) atoms. The molecule has 0 bridgehead atoms. The number of benzene rings is 2. The third-order valence-corrected chi connectivity index (χ3v) is 7.21. The van der Waals surface area contributed by atoms with E-state index < -0.39 is 23.9 Å². The van der Waals surface area contributed by atoms with Gasteiger partial charge in [-0.25, -0.2) is 14.4 Å². The Morgan fingerprint density at radius 2 is 2.03 bits per heavy atom. The number of aliphatic hydroxyl groups is 1. The minimum absolute atomic E-state index is 0.0177. The van der Waals surface area contributed by atoms with E-state index in [0.29, 0.717) is 48.4 Å². The summed E-state index contributed by atoms with van der Waals surface area (Å²) in [5, 5.41) is 12.8. The maximum atomic E-state index is 14.5. The van der Waals surface area contributed by atoms with Gasteiger partial charge in [0.1, 0.15) is 30.0 Å². The second-order valence-corrected chi connectivity index (χ2v) is 9.33. The Morgan fingerprint density at radius 1 is 1.30 bits per heavy atom. The van der Waals surface area contributed by atoms with Gasteiger partial charge in [-0.1, -0.05) is 17.7 Å². The first-order chi connectivity index (χ1) is 17.7. The van der Waals surface area contributed by atoms with Gasteiger partial charge in [0.25, 0.3) is 0 Å². The molecule has 2 heterocycles. The summed E-state index contributed by atoms with van der Waals surface area (Å²) in [6.45, 7) is 0.310. The summed E-state index contributed by atoms with van der Waals surface area (Å²) in [4.78, 5) is 36.6. The Bertz CT molecular complexity index is 1330. The molecule has 4 rings (SSSR count). The summed E-state index contributed by atoms with van der Waals surface area (Å²) >= 11 is 5.93. The van der Waals surface area contributed by atoms with Gasteiger partial charge in [0.05, 0.1) is 23.3 Å². The molecule has 10 nitrogen and oxygen atoms in total. The van der Waals surface area contributed by atoms with Crippen molar-refractivity contribution in [1.82, 2.24) is 19.8 Å². The Kier molecular flexibility index (Phi) is 7.76. The number of carbonyl (C=O) groups is 2. The fourth-order valence-electron chi connectivity index (χ4n) is 4.72. The van der Waals surface area contributed by atoms with Crippen molar-refractivity contribution in [3.05, 3.63) is 53.1 Å². The van der Waals surface area contributed by atoms with E-state index in [9.17, 15) is 14.0 Å². The molecule has 0 spiro atoms. The molecule has 3 aromatic rings.